The molecule has 8 heteroatoms. The van der Waals surface area contributed by atoms with Crippen molar-refractivity contribution >= 4 is 28.8 Å². The molecule has 0 bridgehead atoms. The van der Waals surface area contributed by atoms with Gasteiger partial charge in [-0.25, -0.2) is 4.79 Å². The number of nitrogens with zero attached hydrogens (tertiary/aromatic N) is 2. The Morgan fingerprint density at radius 1 is 1.27 bits per heavy atom. The van der Waals surface area contributed by atoms with Crippen LogP contribution in [-0.2, 0) is 11.2 Å². The van der Waals surface area contributed by atoms with Crippen molar-refractivity contribution in [3.63, 3.8) is 0 Å². The molecule has 2 heterocycles. The number of hydrogen-bond acceptors (Lipinski definition) is 3. The van der Waals surface area contributed by atoms with Crippen molar-refractivity contribution in [1.29, 1.82) is 0 Å². The minimum atomic E-state index is -0.335. The van der Waals surface area contributed by atoms with E-state index < -0.39 is 0 Å². The van der Waals surface area contributed by atoms with Crippen molar-refractivity contribution < 1.29 is 9.59 Å². The van der Waals surface area contributed by atoms with Crippen LogP contribution < -0.4 is 16.0 Å². The molecule has 8 nitrogen and oxygen atoms in total. The molecule has 0 aliphatic carbocycles. The fraction of sp³-hybridized carbons (Fsp3) is 0.389. The van der Waals surface area contributed by atoms with E-state index in [4.69, 9.17) is 0 Å². The number of nitrogens with one attached hydrogen (secondary N) is 4. The lowest BCUT2D eigenvalue weighted by atomic mass is 10.1. The van der Waals surface area contributed by atoms with E-state index in [0.717, 1.165) is 18.5 Å². The lowest BCUT2D eigenvalue weighted by molar-refractivity contribution is -0.124. The van der Waals surface area contributed by atoms with Gasteiger partial charge in [0.1, 0.15) is 0 Å². The van der Waals surface area contributed by atoms with Crippen LogP contribution in [0.4, 0.5) is 4.79 Å². The number of para-hydroxylation sites is 1. The highest BCUT2D eigenvalue weighted by molar-refractivity contribution is 6.01. The number of H-pyrrole nitrogens is 1. The molecule has 2 aromatic rings. The summed E-state index contributed by atoms with van der Waals surface area (Å²) in [5, 5.41) is 10.1. The first-order valence-electron chi connectivity index (χ1n) is 8.84. The number of aliphatic imine (C=N–C) groups is 1. The monoisotopic (exact) mass is 356 g/mol. The molecule has 0 atom stereocenters. The first kappa shape index (κ1) is 17.8. The Morgan fingerprint density at radius 2 is 2.12 bits per heavy atom. The summed E-state index contributed by atoms with van der Waals surface area (Å²) in [6.07, 6.45) is 2.85. The van der Waals surface area contributed by atoms with Crippen molar-refractivity contribution in [2.24, 2.45) is 4.99 Å². The second-order valence-electron chi connectivity index (χ2n) is 6.00. The smallest absolute Gasteiger partial charge is 0.324 e. The van der Waals surface area contributed by atoms with Gasteiger partial charge >= 0.3 is 6.03 Å². The number of carbonyl (C=O) groups is 2. The lowest BCUT2D eigenvalue weighted by Gasteiger charge is -2.15. The number of amides is 3. The van der Waals surface area contributed by atoms with Crippen LogP contribution in [0.1, 0.15) is 12.5 Å². The molecule has 26 heavy (non-hydrogen) atoms. The van der Waals surface area contributed by atoms with E-state index in [1.807, 2.05) is 25.3 Å². The van der Waals surface area contributed by atoms with Crippen molar-refractivity contribution in [2.45, 2.75) is 13.3 Å². The van der Waals surface area contributed by atoms with Gasteiger partial charge in [0.15, 0.2) is 5.96 Å². The quantitative estimate of drug-likeness (QED) is 0.335. The number of urea groups is 1. The lowest BCUT2D eigenvalue weighted by Crippen LogP contribution is -2.43. The molecule has 1 aromatic heterocycles. The highest BCUT2D eigenvalue weighted by atomic mass is 16.2. The van der Waals surface area contributed by atoms with Crippen LogP contribution >= 0.6 is 0 Å². The SMILES string of the molecule is CCNC(=NCCc1c[nH]c2ccccc12)NCCN1C(=O)CNC1=O. The molecule has 4 N–H and O–H groups in total. The summed E-state index contributed by atoms with van der Waals surface area (Å²) in [6, 6.07) is 7.87. The molecule has 3 amide bonds. The minimum absolute atomic E-state index is 0.0810. The molecule has 0 radical (unpaired) electrons. The third-order valence-corrected chi connectivity index (χ3v) is 4.24. The fourth-order valence-corrected chi connectivity index (χ4v) is 2.94. The zero-order valence-electron chi connectivity index (χ0n) is 14.8. The zero-order chi connectivity index (χ0) is 18.4. The molecule has 0 unspecified atom stereocenters. The Balaban J connectivity index is 1.52. The van der Waals surface area contributed by atoms with Crippen LogP contribution in [0, 0.1) is 0 Å². The van der Waals surface area contributed by atoms with Crippen molar-refractivity contribution in [1.82, 2.24) is 25.8 Å². The summed E-state index contributed by atoms with van der Waals surface area (Å²) in [5.74, 6) is 0.484. The molecular weight excluding hydrogens is 332 g/mol. The molecule has 138 valence electrons. The number of aromatic amines is 1. The molecule has 1 saturated heterocycles. The van der Waals surface area contributed by atoms with Gasteiger partial charge in [-0.05, 0) is 25.0 Å². The first-order chi connectivity index (χ1) is 12.7. The van der Waals surface area contributed by atoms with Crippen LogP contribution in [0.3, 0.4) is 0 Å². The van der Waals surface area contributed by atoms with Crippen LogP contribution in [0.2, 0.25) is 0 Å². The van der Waals surface area contributed by atoms with E-state index in [1.54, 1.807) is 0 Å². The molecule has 1 aliphatic rings. The molecule has 1 aliphatic heterocycles. The Morgan fingerprint density at radius 3 is 2.88 bits per heavy atom. The summed E-state index contributed by atoms with van der Waals surface area (Å²) >= 11 is 0. The molecule has 1 aromatic carbocycles. The van der Waals surface area contributed by atoms with Gasteiger partial charge in [-0.3, -0.25) is 14.7 Å². The number of imide groups is 1. The number of aromatic nitrogens is 1. The third kappa shape index (κ3) is 4.14. The topological polar surface area (TPSA) is 102 Å². The fourth-order valence-electron chi connectivity index (χ4n) is 2.94. The second kappa shape index (κ2) is 8.37. The maximum absolute atomic E-state index is 11.6. The van der Waals surface area contributed by atoms with Gasteiger partial charge in [-0.2, -0.15) is 0 Å². The Bertz CT molecular complexity index is 797. The number of rotatable bonds is 7. The van der Waals surface area contributed by atoms with Gasteiger partial charge < -0.3 is 20.9 Å². The zero-order valence-corrected chi connectivity index (χ0v) is 14.8. The van der Waals surface area contributed by atoms with E-state index in [1.165, 1.54) is 15.8 Å². The van der Waals surface area contributed by atoms with E-state index in [-0.39, 0.29) is 18.5 Å². The number of carbonyl (C=O) groups excluding carboxylic acids is 2. The van der Waals surface area contributed by atoms with Gasteiger partial charge in [0.05, 0.1) is 6.54 Å². The van der Waals surface area contributed by atoms with Gasteiger partial charge in [0, 0.05) is 43.3 Å². The largest absolute Gasteiger partial charge is 0.361 e. The summed E-state index contributed by atoms with van der Waals surface area (Å²) < 4.78 is 0. The van der Waals surface area contributed by atoms with Crippen molar-refractivity contribution in [3.8, 4) is 0 Å². The van der Waals surface area contributed by atoms with Gasteiger partial charge in [-0.15, -0.1) is 0 Å². The molecule has 1 fully saturated rings. The van der Waals surface area contributed by atoms with Gasteiger partial charge in [0.25, 0.3) is 0 Å². The van der Waals surface area contributed by atoms with Gasteiger partial charge in [0.2, 0.25) is 5.91 Å². The first-order valence-corrected chi connectivity index (χ1v) is 8.84. The average Bonchev–Trinajstić information content (AvgIpc) is 3.20. The predicted molar refractivity (Wildman–Crippen MR) is 101 cm³/mol. The third-order valence-electron chi connectivity index (χ3n) is 4.24. The Labute approximate surface area is 152 Å². The standard InChI is InChI=1S/C18H24N6O2/c1-2-19-17(21-9-10-24-16(25)12-23-18(24)26)20-8-7-13-11-22-15-6-4-3-5-14(13)15/h3-6,11,22H,2,7-10,12H2,1H3,(H,23,26)(H2,19,20,21). The van der Waals surface area contributed by atoms with Crippen LogP contribution in [0.25, 0.3) is 10.9 Å². The van der Waals surface area contributed by atoms with Crippen LogP contribution in [0.5, 0.6) is 0 Å². The molecule has 0 spiro atoms. The average molecular weight is 356 g/mol. The number of hydrogen-bond donors (Lipinski definition) is 4. The summed E-state index contributed by atoms with van der Waals surface area (Å²) in [6.45, 7) is 4.23. The molecule has 3 rings (SSSR count). The van der Waals surface area contributed by atoms with Crippen LogP contribution in [-0.4, -0.2) is 60.5 Å². The summed E-state index contributed by atoms with van der Waals surface area (Å²) in [4.78, 5) is 32.1. The number of fused-ring (bicyclic) bond motifs is 1. The van der Waals surface area contributed by atoms with E-state index in [9.17, 15) is 9.59 Å². The summed E-state index contributed by atoms with van der Waals surface area (Å²) in [7, 11) is 0. The van der Waals surface area contributed by atoms with Crippen molar-refractivity contribution in [3.05, 3.63) is 36.0 Å². The predicted octanol–water partition coefficient (Wildman–Crippen LogP) is 0.817. The Hall–Kier alpha value is -3.03. The maximum Gasteiger partial charge on any atom is 0.324 e. The van der Waals surface area contributed by atoms with Crippen molar-refractivity contribution in [2.75, 3.05) is 32.7 Å². The van der Waals surface area contributed by atoms with E-state index >= 15 is 0 Å². The Kier molecular flexibility index (Phi) is 5.73. The number of guanidine groups is 1. The van der Waals surface area contributed by atoms with E-state index in [2.05, 4.69) is 38.1 Å². The highest BCUT2D eigenvalue weighted by Crippen LogP contribution is 2.17. The molecule has 0 saturated carbocycles. The summed E-state index contributed by atoms with van der Waals surface area (Å²) in [5.41, 5.74) is 2.37. The highest BCUT2D eigenvalue weighted by Gasteiger charge is 2.27. The van der Waals surface area contributed by atoms with E-state index in [0.29, 0.717) is 25.6 Å². The van der Waals surface area contributed by atoms with Crippen LogP contribution in [0.15, 0.2) is 35.5 Å². The maximum atomic E-state index is 11.6. The second-order valence-corrected chi connectivity index (χ2v) is 6.00. The molecular formula is C18H24N6O2. The minimum Gasteiger partial charge on any atom is -0.361 e. The number of benzene rings is 1. The van der Waals surface area contributed by atoms with Gasteiger partial charge in [-0.1, -0.05) is 18.2 Å². The normalized spacial score (nSPS) is 14.8.